The molecule has 4 aromatic heterocycles. The molecule has 0 unspecified atom stereocenters. The summed E-state index contributed by atoms with van der Waals surface area (Å²) in [6.07, 6.45) is 0. The molecule has 14 rings (SSSR count). The molecule has 0 bridgehead atoms. The Morgan fingerprint density at radius 1 is 0.216 bits per heavy atom. The van der Waals surface area contributed by atoms with E-state index >= 15 is 0 Å². The van der Waals surface area contributed by atoms with Gasteiger partial charge in [-0.3, -0.25) is 4.57 Å². The van der Waals surface area contributed by atoms with Crippen LogP contribution in [0.5, 0.6) is 0 Å². The summed E-state index contributed by atoms with van der Waals surface area (Å²) in [6.45, 7) is 0. The summed E-state index contributed by atoms with van der Waals surface area (Å²) < 4.78 is 4.61. The van der Waals surface area contributed by atoms with Crippen molar-refractivity contribution in [3.8, 4) is 90.8 Å². The van der Waals surface area contributed by atoms with Crippen molar-refractivity contribution in [2.24, 2.45) is 0 Å². The van der Waals surface area contributed by atoms with Gasteiger partial charge in [-0.1, -0.05) is 212 Å². The summed E-state index contributed by atoms with van der Waals surface area (Å²) in [5, 5.41) is 4.44. The number of aromatic nitrogens is 8. The fraction of sp³-hybridized carbons (Fsp3) is 0. The second-order valence-corrected chi connectivity index (χ2v) is 18.3. The van der Waals surface area contributed by atoms with Gasteiger partial charge in [-0.15, -0.1) is 0 Å². The first-order valence-electron chi connectivity index (χ1n) is 24.7. The lowest BCUT2D eigenvalue weighted by atomic mass is 10.0. The second kappa shape index (κ2) is 17.9. The zero-order valence-corrected chi connectivity index (χ0v) is 39.8. The van der Waals surface area contributed by atoms with Gasteiger partial charge in [0.05, 0.1) is 22.1 Å². The maximum atomic E-state index is 5.37. The Bertz CT molecular complexity index is 4380. The van der Waals surface area contributed by atoms with Gasteiger partial charge in [0.15, 0.2) is 29.1 Å². The first-order chi connectivity index (χ1) is 36.7. The topological polar surface area (TPSA) is 87.2 Å². The van der Waals surface area contributed by atoms with Gasteiger partial charge in [0, 0.05) is 55.0 Å². The largest absolute Gasteiger partial charge is 0.307 e. The van der Waals surface area contributed by atoms with Crippen molar-refractivity contribution in [2.45, 2.75) is 0 Å². The molecule has 8 heteroatoms. The van der Waals surface area contributed by atoms with E-state index in [2.05, 4.69) is 203 Å². The van der Waals surface area contributed by atoms with Crippen molar-refractivity contribution in [1.82, 2.24) is 39.0 Å². The second-order valence-electron chi connectivity index (χ2n) is 18.3. The number of benzene rings is 10. The summed E-state index contributed by atoms with van der Waals surface area (Å²) in [4.78, 5) is 31.2. The number of rotatable bonds is 9. The van der Waals surface area contributed by atoms with Crippen LogP contribution in [-0.2, 0) is 0 Å². The average Bonchev–Trinajstić information content (AvgIpc) is 4.06. The van der Waals surface area contributed by atoms with Gasteiger partial charge < -0.3 is 4.57 Å². The van der Waals surface area contributed by atoms with Crippen LogP contribution in [-0.4, -0.2) is 39.0 Å². The highest BCUT2D eigenvalue weighted by Gasteiger charge is 2.24. The van der Waals surface area contributed by atoms with Gasteiger partial charge in [-0.25, -0.2) is 19.9 Å². The molecule has 4 heterocycles. The van der Waals surface area contributed by atoms with Gasteiger partial charge >= 0.3 is 0 Å². The fourth-order valence-corrected chi connectivity index (χ4v) is 10.3. The van der Waals surface area contributed by atoms with Crippen LogP contribution in [0.1, 0.15) is 0 Å². The molecule has 0 radical (unpaired) electrons. The molecule has 10 aromatic carbocycles. The molecule has 8 nitrogen and oxygen atoms in total. The minimum atomic E-state index is 0.529. The molecule has 0 N–H and O–H groups in total. The minimum Gasteiger partial charge on any atom is -0.307 e. The number of hydrogen-bond acceptors (Lipinski definition) is 6. The van der Waals surface area contributed by atoms with Gasteiger partial charge in [0.2, 0.25) is 5.95 Å². The number of hydrogen-bond donors (Lipinski definition) is 0. The molecule has 14 aromatic rings. The highest BCUT2D eigenvalue weighted by atomic mass is 15.2. The van der Waals surface area contributed by atoms with Crippen LogP contribution in [0.2, 0.25) is 0 Å². The van der Waals surface area contributed by atoms with E-state index in [0.717, 1.165) is 99.4 Å². The quantitative estimate of drug-likeness (QED) is 0.143. The van der Waals surface area contributed by atoms with E-state index in [9.17, 15) is 0 Å². The molecule has 0 saturated heterocycles. The number of nitrogens with zero attached hydrogens (tertiary/aromatic N) is 8. The van der Waals surface area contributed by atoms with E-state index in [0.29, 0.717) is 35.1 Å². The maximum absolute atomic E-state index is 5.37. The Hall–Kier alpha value is -10.2. The van der Waals surface area contributed by atoms with Crippen LogP contribution in [0, 0.1) is 0 Å². The zero-order valence-electron chi connectivity index (χ0n) is 39.8. The summed E-state index contributed by atoms with van der Waals surface area (Å²) in [5.74, 6) is 3.51. The third-order valence-corrected chi connectivity index (χ3v) is 13.9. The summed E-state index contributed by atoms with van der Waals surface area (Å²) in [7, 11) is 0. The van der Waals surface area contributed by atoms with Gasteiger partial charge in [-0.05, 0) is 64.7 Å². The van der Waals surface area contributed by atoms with Crippen LogP contribution in [0.4, 0.5) is 0 Å². The molecule has 0 spiro atoms. The molecule has 0 amide bonds. The van der Waals surface area contributed by atoms with E-state index in [1.54, 1.807) is 0 Å². The first kappa shape index (κ1) is 42.7. The Morgan fingerprint density at radius 2 is 0.554 bits per heavy atom. The van der Waals surface area contributed by atoms with Crippen LogP contribution in [0.3, 0.4) is 0 Å². The fourth-order valence-electron chi connectivity index (χ4n) is 10.3. The Morgan fingerprint density at radius 3 is 1.08 bits per heavy atom. The van der Waals surface area contributed by atoms with Gasteiger partial charge in [-0.2, -0.15) is 9.97 Å². The molecule has 0 aliphatic carbocycles. The average molecular weight is 947 g/mol. The van der Waals surface area contributed by atoms with E-state index in [1.165, 1.54) is 0 Å². The minimum absolute atomic E-state index is 0.529. The van der Waals surface area contributed by atoms with E-state index < -0.39 is 0 Å². The molecule has 346 valence electrons. The first-order valence-corrected chi connectivity index (χ1v) is 24.7. The molecule has 0 aliphatic heterocycles. The molecule has 74 heavy (non-hydrogen) atoms. The Kier molecular flexibility index (Phi) is 10.3. The van der Waals surface area contributed by atoms with Gasteiger partial charge in [0.1, 0.15) is 0 Å². The Balaban J connectivity index is 0.957. The number of fused-ring (bicyclic) bond motifs is 7. The highest BCUT2D eigenvalue weighted by Crippen LogP contribution is 2.42. The third-order valence-electron chi connectivity index (χ3n) is 13.9. The lowest BCUT2D eigenvalue weighted by molar-refractivity contribution is 0.953. The van der Waals surface area contributed by atoms with Crippen LogP contribution in [0.25, 0.3) is 134 Å². The third kappa shape index (κ3) is 7.48. The van der Waals surface area contributed by atoms with Gasteiger partial charge in [0.25, 0.3) is 0 Å². The normalized spacial score (nSPS) is 11.5. The smallest absolute Gasteiger partial charge is 0.238 e. The Labute approximate surface area is 426 Å². The lowest BCUT2D eigenvalue weighted by Gasteiger charge is -2.14. The summed E-state index contributed by atoms with van der Waals surface area (Å²) in [6, 6.07) is 88.2. The van der Waals surface area contributed by atoms with Crippen molar-refractivity contribution >= 4 is 43.6 Å². The standard InChI is InChI=1S/C66H42N8/c1-5-18-43(19-6-1)45-32-34-48(35-33-45)64-70-63(47-24-11-4-12-25-47)71-66(72-64)74-58-31-16-14-29-54(58)56-41-40-55-53-28-13-15-30-57(53)73(59(55)60(56)74)52-38-36-49(37-39-52)62-67-61(46-22-9-3-10-23-46)68-65(69-62)51-27-17-26-50(42-51)44-20-7-2-8-21-44/h1-42H. The van der Waals surface area contributed by atoms with Crippen LogP contribution >= 0.6 is 0 Å². The van der Waals surface area contributed by atoms with Crippen molar-refractivity contribution in [3.05, 3.63) is 255 Å². The van der Waals surface area contributed by atoms with E-state index in [4.69, 9.17) is 29.9 Å². The molecule has 0 saturated carbocycles. The maximum Gasteiger partial charge on any atom is 0.238 e. The molecule has 0 fully saturated rings. The monoisotopic (exact) mass is 946 g/mol. The number of para-hydroxylation sites is 2. The highest BCUT2D eigenvalue weighted by molar-refractivity contribution is 6.23. The van der Waals surface area contributed by atoms with Crippen LogP contribution < -0.4 is 0 Å². The van der Waals surface area contributed by atoms with Crippen molar-refractivity contribution in [1.29, 1.82) is 0 Å². The summed E-state index contributed by atoms with van der Waals surface area (Å²) in [5.41, 5.74) is 14.1. The molecule has 0 aliphatic rings. The van der Waals surface area contributed by atoms with Crippen LogP contribution in [0.15, 0.2) is 255 Å². The van der Waals surface area contributed by atoms with E-state index in [1.807, 2.05) is 60.7 Å². The molecule has 0 atom stereocenters. The zero-order chi connectivity index (χ0) is 49.0. The van der Waals surface area contributed by atoms with Crippen molar-refractivity contribution in [3.63, 3.8) is 0 Å². The van der Waals surface area contributed by atoms with Crippen molar-refractivity contribution in [2.75, 3.05) is 0 Å². The van der Waals surface area contributed by atoms with Crippen molar-refractivity contribution < 1.29 is 0 Å². The van der Waals surface area contributed by atoms with E-state index in [-0.39, 0.29) is 0 Å². The SMILES string of the molecule is c1ccc(-c2ccc(-c3nc(-c4ccccc4)nc(-n4c5ccccc5c5ccc6c7ccccc7n(-c7ccc(-c8nc(-c9ccccc9)nc(-c9cccc(-c%10ccccc%10)c9)n8)cc7)c6c54)n3)cc2)cc1. The molecular weight excluding hydrogens is 905 g/mol. The summed E-state index contributed by atoms with van der Waals surface area (Å²) >= 11 is 0. The predicted molar refractivity (Wildman–Crippen MR) is 300 cm³/mol. The molecular formula is C66H42N8. The predicted octanol–water partition coefficient (Wildman–Crippen LogP) is 15.9. The lowest BCUT2D eigenvalue weighted by Crippen LogP contribution is -2.07.